The first-order valence-electron chi connectivity index (χ1n) is 29.1. The van der Waals surface area contributed by atoms with Crippen molar-refractivity contribution in [2.75, 3.05) is 25.1 Å². The first kappa shape index (κ1) is 63.3. The Morgan fingerprint density at radius 2 is 1.00 bits per heavy atom. The first-order valence-corrected chi connectivity index (χ1v) is 29.1. The second-order valence-corrected chi connectivity index (χ2v) is 20.9. The predicted octanol–water partition coefficient (Wildman–Crippen LogP) is 13.5. The van der Waals surface area contributed by atoms with Gasteiger partial charge < -0.3 is 45.1 Å². The highest BCUT2D eigenvalue weighted by Gasteiger charge is 2.45. The fourth-order valence-corrected chi connectivity index (χ4v) is 9.71. The van der Waals surface area contributed by atoms with Crippen LogP contribution in [-0.2, 0) is 14.2 Å². The number of aliphatic hydroxyl groups is 5. The van der Waals surface area contributed by atoms with Crippen molar-refractivity contribution in [2.24, 2.45) is 0 Å². The molecule has 1 heterocycles. The summed E-state index contributed by atoms with van der Waals surface area (Å²) in [5.41, 5.74) is 1.51. The van der Waals surface area contributed by atoms with Crippen LogP contribution in [0.2, 0.25) is 0 Å². The van der Waals surface area contributed by atoms with Crippen molar-refractivity contribution in [1.82, 2.24) is 5.32 Å². The van der Waals surface area contributed by atoms with Gasteiger partial charge in [0.1, 0.15) is 31.0 Å². The van der Waals surface area contributed by atoms with E-state index < -0.39 is 61.7 Å². The van der Waals surface area contributed by atoms with Crippen LogP contribution in [0.4, 0.5) is 10.5 Å². The average molecular weight is 978 g/mol. The lowest BCUT2D eigenvalue weighted by molar-refractivity contribution is -0.302. The molecule has 0 radical (unpaired) electrons. The zero-order valence-corrected chi connectivity index (χ0v) is 44.6. The van der Waals surface area contributed by atoms with Crippen LogP contribution in [0.5, 0.6) is 0 Å². The molecule has 0 saturated carbocycles. The molecule has 11 nitrogen and oxygen atoms in total. The highest BCUT2D eigenvalue weighted by molar-refractivity contribution is 5.84. The van der Waals surface area contributed by atoms with E-state index >= 15 is 0 Å². The van der Waals surface area contributed by atoms with Crippen molar-refractivity contribution in [3.8, 4) is 0 Å². The predicted molar refractivity (Wildman–Crippen MR) is 285 cm³/mol. The number of unbranched alkanes of at least 4 members (excludes halogenated alkanes) is 34. The fourth-order valence-electron chi connectivity index (χ4n) is 9.71. The summed E-state index contributed by atoms with van der Waals surface area (Å²) in [6.45, 7) is 6.54. The Balaban J connectivity index is 1.68. The summed E-state index contributed by atoms with van der Waals surface area (Å²) in [7, 11) is 0. The average Bonchev–Trinajstić information content (AvgIpc) is 3.34. The molecule has 404 valence electrons. The Labute approximate surface area is 422 Å². The van der Waals surface area contributed by atoms with Gasteiger partial charge in [-0.2, -0.15) is 0 Å². The molecule has 0 bridgehead atoms. The molecule has 8 atom stereocenters. The van der Waals surface area contributed by atoms with Crippen LogP contribution in [0.3, 0.4) is 0 Å². The van der Waals surface area contributed by atoms with Gasteiger partial charge in [-0.25, -0.2) is 4.79 Å². The van der Waals surface area contributed by atoms with E-state index in [9.17, 15) is 30.3 Å². The molecule has 0 unspecified atom stereocenters. The van der Waals surface area contributed by atoms with Crippen LogP contribution in [0.15, 0.2) is 24.3 Å². The van der Waals surface area contributed by atoms with Crippen LogP contribution >= 0.6 is 0 Å². The zero-order chi connectivity index (χ0) is 50.0. The summed E-state index contributed by atoms with van der Waals surface area (Å²) in [6, 6.07) is 6.55. The molecule has 7 N–H and O–H groups in total. The smallest absolute Gasteiger partial charge is 0.411 e. The third-order valence-corrected chi connectivity index (χ3v) is 14.3. The molecule has 0 aromatic heterocycles. The van der Waals surface area contributed by atoms with Crippen molar-refractivity contribution in [3.05, 3.63) is 29.8 Å². The molecule has 0 spiro atoms. The van der Waals surface area contributed by atoms with Gasteiger partial charge in [-0.1, -0.05) is 251 Å². The van der Waals surface area contributed by atoms with Gasteiger partial charge in [0.2, 0.25) is 0 Å². The van der Waals surface area contributed by atoms with Gasteiger partial charge >= 0.3 is 6.09 Å². The van der Waals surface area contributed by atoms with Gasteiger partial charge in [0.15, 0.2) is 6.29 Å². The summed E-state index contributed by atoms with van der Waals surface area (Å²) in [5, 5.41) is 60.8. The van der Waals surface area contributed by atoms with E-state index in [-0.39, 0.29) is 6.61 Å². The van der Waals surface area contributed by atoms with E-state index in [1.807, 2.05) is 13.0 Å². The maximum Gasteiger partial charge on any atom is 0.411 e. The van der Waals surface area contributed by atoms with Crippen molar-refractivity contribution in [1.29, 1.82) is 0 Å². The SMILES string of the molecule is CCCCCCCCCCCCCCCCCCCCCCCCCCN[C@@H](CO[C@H]1O[C@H](COC(=O)Nc2cccc(C)c2)[C@H](O)[C@H](O)[C@H]1O)[C@H](O)[C@H](O)CCCCCCCCCCCCCC. The summed E-state index contributed by atoms with van der Waals surface area (Å²) >= 11 is 0. The third-order valence-electron chi connectivity index (χ3n) is 14.3. The van der Waals surface area contributed by atoms with Crippen molar-refractivity contribution in [3.63, 3.8) is 0 Å². The van der Waals surface area contributed by atoms with E-state index in [2.05, 4.69) is 24.5 Å². The first-order chi connectivity index (χ1) is 33.7. The van der Waals surface area contributed by atoms with Crippen molar-refractivity contribution in [2.45, 2.75) is 307 Å². The summed E-state index contributed by atoms with van der Waals surface area (Å²) in [6.07, 6.45) is 37.1. The van der Waals surface area contributed by atoms with Gasteiger partial charge in [-0.3, -0.25) is 5.32 Å². The Morgan fingerprint density at radius 1 is 0.580 bits per heavy atom. The molecular formula is C58H108N2O9. The van der Waals surface area contributed by atoms with Gasteiger partial charge in [0.25, 0.3) is 0 Å². The largest absolute Gasteiger partial charge is 0.446 e. The third kappa shape index (κ3) is 32.8. The number of nitrogens with one attached hydrogen (secondary N) is 2. The number of benzene rings is 1. The second-order valence-electron chi connectivity index (χ2n) is 20.9. The van der Waals surface area contributed by atoms with Gasteiger partial charge in [0, 0.05) is 5.69 Å². The number of aryl methyl sites for hydroxylation is 1. The minimum Gasteiger partial charge on any atom is -0.446 e. The summed E-state index contributed by atoms with van der Waals surface area (Å²) in [5.74, 6) is 0. The van der Waals surface area contributed by atoms with E-state index in [1.54, 1.807) is 18.2 Å². The lowest BCUT2D eigenvalue weighted by Gasteiger charge is -2.40. The number of aliphatic hydroxyl groups excluding tert-OH is 5. The topological polar surface area (TPSA) is 170 Å². The second kappa shape index (κ2) is 43.7. The molecule has 1 saturated heterocycles. The number of hydrogen-bond donors (Lipinski definition) is 7. The minimum atomic E-state index is -1.62. The number of carbonyl (C=O) groups is 1. The molecule has 69 heavy (non-hydrogen) atoms. The molecular weight excluding hydrogens is 869 g/mol. The summed E-state index contributed by atoms with van der Waals surface area (Å²) in [4.78, 5) is 12.5. The summed E-state index contributed by atoms with van der Waals surface area (Å²) < 4.78 is 17.1. The zero-order valence-electron chi connectivity index (χ0n) is 44.6. The van der Waals surface area contributed by atoms with E-state index in [0.717, 1.165) is 44.1 Å². The lowest BCUT2D eigenvalue weighted by atomic mass is 9.98. The Hall–Kier alpha value is -1.83. The lowest BCUT2D eigenvalue weighted by Crippen LogP contribution is -2.60. The monoisotopic (exact) mass is 977 g/mol. The van der Waals surface area contributed by atoms with Gasteiger partial charge in [0.05, 0.1) is 24.9 Å². The molecule has 1 aromatic carbocycles. The molecule has 1 aromatic rings. The molecule has 1 amide bonds. The minimum absolute atomic E-state index is 0.123. The molecule has 1 fully saturated rings. The maximum atomic E-state index is 12.5. The fraction of sp³-hybridized carbons (Fsp3) is 0.879. The number of carbonyl (C=O) groups excluding carboxylic acids is 1. The standard InChI is InChI=1S/C58H108N2O9/c1-4-6-8-10-12-14-16-18-19-20-21-22-23-24-25-26-27-28-29-31-33-35-37-39-44-59-50(53(62)51(61)43-38-36-34-32-30-17-15-13-11-9-7-5-2)46-67-57-56(65)55(64)54(63)52(69-57)47-68-58(66)60-49-42-40-41-48(3)45-49/h40-42,45,50-57,59,61-65H,4-39,43-44,46-47H2,1-3H3,(H,60,66)/t50-,51+,52+,53-,54-,55-,56+,57-/m0/s1. The molecule has 1 aliphatic rings. The van der Waals surface area contributed by atoms with Gasteiger partial charge in [-0.15, -0.1) is 0 Å². The Kier molecular flexibility index (Phi) is 40.1. The van der Waals surface area contributed by atoms with E-state index in [0.29, 0.717) is 18.7 Å². The van der Waals surface area contributed by atoms with Crippen molar-refractivity contribution < 1.29 is 44.5 Å². The maximum absolute atomic E-state index is 12.5. The Bertz CT molecular complexity index is 1310. The molecule has 0 aliphatic carbocycles. The van der Waals surface area contributed by atoms with Crippen molar-refractivity contribution >= 4 is 11.8 Å². The van der Waals surface area contributed by atoms with Crippen LogP contribution in [0, 0.1) is 6.92 Å². The normalized spacial score (nSPS) is 19.7. The molecule has 2 rings (SSSR count). The van der Waals surface area contributed by atoms with E-state index in [1.165, 1.54) is 193 Å². The van der Waals surface area contributed by atoms with E-state index in [4.69, 9.17) is 14.2 Å². The van der Waals surface area contributed by atoms with Crippen LogP contribution < -0.4 is 10.6 Å². The number of hydrogen-bond acceptors (Lipinski definition) is 10. The number of anilines is 1. The molecule has 1 aliphatic heterocycles. The highest BCUT2D eigenvalue weighted by atomic mass is 16.7. The van der Waals surface area contributed by atoms with Crippen LogP contribution in [0.25, 0.3) is 0 Å². The quantitative estimate of drug-likeness (QED) is 0.0312. The van der Waals surface area contributed by atoms with Crippen LogP contribution in [-0.4, -0.2) is 100 Å². The highest BCUT2D eigenvalue weighted by Crippen LogP contribution is 2.24. The Morgan fingerprint density at radius 3 is 1.43 bits per heavy atom. The number of rotatable bonds is 47. The van der Waals surface area contributed by atoms with Crippen LogP contribution in [0.1, 0.15) is 257 Å². The molecule has 11 heteroatoms. The number of amides is 1. The van der Waals surface area contributed by atoms with Gasteiger partial charge in [-0.05, 0) is 44.0 Å². The number of ether oxygens (including phenoxy) is 3.